The van der Waals surface area contributed by atoms with Crippen molar-refractivity contribution < 1.29 is 4.74 Å². The number of hydrogen-bond donors (Lipinski definition) is 2. The second-order valence-corrected chi connectivity index (χ2v) is 4.82. The van der Waals surface area contributed by atoms with Gasteiger partial charge in [-0.1, -0.05) is 24.6 Å². The zero-order valence-electron chi connectivity index (χ0n) is 12.3. The van der Waals surface area contributed by atoms with Crippen LogP contribution in [0.1, 0.15) is 36.3 Å². The highest BCUT2D eigenvalue weighted by atomic mass is 16.5. The molecule has 1 atom stereocenters. The van der Waals surface area contributed by atoms with E-state index in [0.29, 0.717) is 0 Å². The van der Waals surface area contributed by atoms with Gasteiger partial charge in [0, 0.05) is 24.5 Å². The molecule has 5 nitrogen and oxygen atoms in total. The molecule has 0 aliphatic rings. The number of benzene rings is 1. The summed E-state index contributed by atoms with van der Waals surface area (Å²) in [4.78, 5) is 4.45. The van der Waals surface area contributed by atoms with Gasteiger partial charge in [0.05, 0.1) is 7.11 Å². The average molecular weight is 274 g/mol. The van der Waals surface area contributed by atoms with Crippen LogP contribution in [0.5, 0.6) is 5.75 Å². The van der Waals surface area contributed by atoms with Crippen molar-refractivity contribution in [2.75, 3.05) is 7.11 Å². The molecule has 0 saturated carbocycles. The van der Waals surface area contributed by atoms with Crippen molar-refractivity contribution in [3.05, 3.63) is 47.5 Å². The van der Waals surface area contributed by atoms with Crippen molar-refractivity contribution in [1.82, 2.24) is 15.0 Å². The number of methoxy groups -OCH3 is 1. The lowest BCUT2D eigenvalue weighted by molar-refractivity contribution is 0.401. The van der Waals surface area contributed by atoms with E-state index in [9.17, 15) is 0 Å². The summed E-state index contributed by atoms with van der Waals surface area (Å²) in [5, 5.41) is 0. The minimum Gasteiger partial charge on any atom is -0.496 e. The lowest BCUT2D eigenvalue weighted by Gasteiger charge is -2.20. The first-order valence-electron chi connectivity index (χ1n) is 6.83. The first kappa shape index (κ1) is 14.6. The number of aryl methyl sites for hydroxylation is 2. The Balaban J connectivity index is 2.46. The van der Waals surface area contributed by atoms with E-state index >= 15 is 0 Å². The van der Waals surface area contributed by atoms with Gasteiger partial charge in [-0.25, -0.2) is 10.4 Å². The Kier molecular flexibility index (Phi) is 4.76. The number of nitrogens with one attached hydrogen (secondary N) is 1. The molecule has 0 spiro atoms. The number of nitrogens with two attached hydrogens (primary N) is 1. The summed E-state index contributed by atoms with van der Waals surface area (Å²) < 4.78 is 7.57. The molecule has 0 aliphatic carbocycles. The van der Waals surface area contributed by atoms with Gasteiger partial charge in [-0.3, -0.25) is 5.84 Å². The van der Waals surface area contributed by atoms with E-state index in [2.05, 4.69) is 34.9 Å². The third kappa shape index (κ3) is 2.84. The fourth-order valence-electron chi connectivity index (χ4n) is 2.39. The number of aromatic nitrogens is 2. The Morgan fingerprint density at radius 2 is 2.25 bits per heavy atom. The monoisotopic (exact) mass is 274 g/mol. The predicted molar refractivity (Wildman–Crippen MR) is 79.4 cm³/mol. The molecule has 5 heteroatoms. The lowest BCUT2D eigenvalue weighted by Crippen LogP contribution is -2.31. The molecular weight excluding hydrogens is 252 g/mol. The topological polar surface area (TPSA) is 65.1 Å². The van der Waals surface area contributed by atoms with E-state index in [-0.39, 0.29) is 6.04 Å². The van der Waals surface area contributed by atoms with E-state index in [0.717, 1.165) is 35.7 Å². The molecule has 0 amide bonds. The maximum absolute atomic E-state index is 5.78. The SMILES string of the molecule is CCCn1ccnc1C(NN)c1cc(C)ccc1OC. The molecule has 20 heavy (non-hydrogen) atoms. The third-order valence-electron chi connectivity index (χ3n) is 3.33. The van der Waals surface area contributed by atoms with E-state index < -0.39 is 0 Å². The van der Waals surface area contributed by atoms with Crippen LogP contribution >= 0.6 is 0 Å². The fraction of sp³-hybridized carbons (Fsp3) is 0.400. The summed E-state index contributed by atoms with van der Waals surface area (Å²) in [7, 11) is 1.67. The largest absolute Gasteiger partial charge is 0.496 e. The van der Waals surface area contributed by atoms with E-state index in [1.54, 1.807) is 13.3 Å². The molecule has 1 aromatic carbocycles. The molecule has 0 bridgehead atoms. The van der Waals surface area contributed by atoms with Gasteiger partial charge in [0.15, 0.2) is 0 Å². The highest BCUT2D eigenvalue weighted by Gasteiger charge is 2.21. The van der Waals surface area contributed by atoms with Gasteiger partial charge in [-0.15, -0.1) is 0 Å². The number of imidazole rings is 1. The molecule has 0 saturated heterocycles. The van der Waals surface area contributed by atoms with Crippen molar-refractivity contribution in [2.24, 2.45) is 5.84 Å². The Labute approximate surface area is 119 Å². The third-order valence-corrected chi connectivity index (χ3v) is 3.33. The van der Waals surface area contributed by atoms with Gasteiger partial charge in [-0.05, 0) is 19.4 Å². The van der Waals surface area contributed by atoms with Crippen LogP contribution in [-0.2, 0) is 6.54 Å². The maximum Gasteiger partial charge on any atom is 0.131 e. The van der Waals surface area contributed by atoms with E-state index in [1.807, 2.05) is 18.3 Å². The first-order chi connectivity index (χ1) is 9.71. The van der Waals surface area contributed by atoms with Crippen LogP contribution in [0, 0.1) is 6.92 Å². The minimum absolute atomic E-state index is 0.189. The maximum atomic E-state index is 5.78. The molecule has 3 N–H and O–H groups in total. The molecule has 108 valence electrons. The van der Waals surface area contributed by atoms with Gasteiger partial charge < -0.3 is 9.30 Å². The number of nitrogens with zero attached hydrogens (tertiary/aromatic N) is 2. The molecule has 1 aromatic heterocycles. The van der Waals surface area contributed by atoms with E-state index in [1.165, 1.54) is 0 Å². The smallest absolute Gasteiger partial charge is 0.131 e. The van der Waals surface area contributed by atoms with Crippen LogP contribution in [0.3, 0.4) is 0 Å². The second-order valence-electron chi connectivity index (χ2n) is 4.82. The Hall–Kier alpha value is -1.85. The van der Waals surface area contributed by atoms with Crippen molar-refractivity contribution >= 4 is 0 Å². The summed E-state index contributed by atoms with van der Waals surface area (Å²) in [5.74, 6) is 7.49. The predicted octanol–water partition coefficient (Wildman–Crippen LogP) is 2.16. The van der Waals surface area contributed by atoms with Crippen molar-refractivity contribution in [3.63, 3.8) is 0 Å². The highest BCUT2D eigenvalue weighted by Crippen LogP contribution is 2.29. The summed E-state index contributed by atoms with van der Waals surface area (Å²) in [6.45, 7) is 5.11. The first-order valence-corrected chi connectivity index (χ1v) is 6.83. The second kappa shape index (κ2) is 6.54. The standard InChI is InChI=1S/C15H22N4O/c1-4-8-19-9-7-17-15(19)14(18-16)12-10-11(2)5-6-13(12)20-3/h5-7,9-10,14,18H,4,8,16H2,1-3H3. The zero-order chi connectivity index (χ0) is 14.5. The van der Waals surface area contributed by atoms with Gasteiger partial charge >= 0.3 is 0 Å². The summed E-state index contributed by atoms with van der Waals surface area (Å²) in [5.41, 5.74) is 5.02. The number of rotatable bonds is 6. The Morgan fingerprint density at radius 1 is 1.45 bits per heavy atom. The lowest BCUT2D eigenvalue weighted by atomic mass is 10.0. The van der Waals surface area contributed by atoms with E-state index in [4.69, 9.17) is 10.6 Å². The average Bonchev–Trinajstić information content (AvgIpc) is 2.89. The summed E-state index contributed by atoms with van der Waals surface area (Å²) >= 11 is 0. The van der Waals surface area contributed by atoms with Crippen LogP contribution in [0.4, 0.5) is 0 Å². The van der Waals surface area contributed by atoms with Crippen LogP contribution in [0.25, 0.3) is 0 Å². The molecular formula is C15H22N4O. The van der Waals surface area contributed by atoms with Crippen LogP contribution in [0.15, 0.2) is 30.6 Å². The zero-order valence-corrected chi connectivity index (χ0v) is 12.3. The summed E-state index contributed by atoms with van der Waals surface area (Å²) in [6.07, 6.45) is 4.83. The van der Waals surface area contributed by atoms with Crippen LogP contribution in [-0.4, -0.2) is 16.7 Å². The molecule has 2 rings (SSSR count). The minimum atomic E-state index is -0.189. The number of hydrogen-bond acceptors (Lipinski definition) is 4. The molecule has 1 unspecified atom stereocenters. The Bertz CT molecular complexity index is 565. The molecule has 0 fully saturated rings. The fourth-order valence-corrected chi connectivity index (χ4v) is 2.39. The quantitative estimate of drug-likeness (QED) is 0.626. The van der Waals surface area contributed by atoms with Crippen LogP contribution in [0.2, 0.25) is 0 Å². The number of hydrazine groups is 1. The van der Waals surface area contributed by atoms with Gasteiger partial charge in [0.1, 0.15) is 17.6 Å². The van der Waals surface area contributed by atoms with Crippen molar-refractivity contribution in [2.45, 2.75) is 32.9 Å². The normalized spacial score (nSPS) is 12.4. The summed E-state index contributed by atoms with van der Waals surface area (Å²) in [6, 6.07) is 5.87. The van der Waals surface area contributed by atoms with Gasteiger partial charge in [0.25, 0.3) is 0 Å². The molecule has 2 aromatic rings. The molecule has 0 aliphatic heterocycles. The van der Waals surface area contributed by atoms with Gasteiger partial charge in [-0.2, -0.15) is 0 Å². The number of ether oxygens (including phenoxy) is 1. The molecule has 0 radical (unpaired) electrons. The van der Waals surface area contributed by atoms with Crippen molar-refractivity contribution in [3.8, 4) is 5.75 Å². The highest BCUT2D eigenvalue weighted by molar-refractivity contribution is 5.41. The van der Waals surface area contributed by atoms with Crippen molar-refractivity contribution in [1.29, 1.82) is 0 Å². The Morgan fingerprint density at radius 3 is 2.90 bits per heavy atom. The van der Waals surface area contributed by atoms with Gasteiger partial charge in [0.2, 0.25) is 0 Å². The molecule has 1 heterocycles. The van der Waals surface area contributed by atoms with Crippen LogP contribution < -0.4 is 16.0 Å².